The van der Waals surface area contributed by atoms with Crippen molar-refractivity contribution in [3.8, 4) is 11.5 Å². The molecule has 0 aliphatic heterocycles. The minimum absolute atomic E-state index is 0. The molecule has 0 atom stereocenters. The van der Waals surface area contributed by atoms with E-state index in [1.807, 2.05) is 36.4 Å². The Labute approximate surface area is 185 Å². The third-order valence-electron chi connectivity index (χ3n) is 2.36. The Bertz CT molecular complexity index is 619. The summed E-state index contributed by atoms with van der Waals surface area (Å²) >= 11 is 0. The molecule has 0 radical (unpaired) electrons. The standard InChI is InChI=1S/C9H12N2O3.C6H6.C3H6O.CH4.Ar/c1-5(12)11-7-3-6(10-2)8(13)4-9(7)14;1-2-4-6-5-3-1;1-3(2)4;;/h3-4,10,13-14H,1-2H3,(H,11,12);1-6H;1-2H3;1H4;. The number of hydrogen-bond acceptors (Lipinski definition) is 5. The van der Waals surface area contributed by atoms with Gasteiger partial charge in [-0.2, -0.15) is 0 Å². The molecule has 1 amide bonds. The fourth-order valence-electron chi connectivity index (χ4n) is 1.45. The van der Waals surface area contributed by atoms with E-state index in [0.717, 1.165) is 6.07 Å². The number of rotatable bonds is 2. The number of benzene rings is 2. The molecule has 0 bridgehead atoms. The van der Waals surface area contributed by atoms with E-state index in [9.17, 15) is 19.8 Å². The van der Waals surface area contributed by atoms with Crippen LogP contribution in [0.1, 0.15) is 28.2 Å². The summed E-state index contributed by atoms with van der Waals surface area (Å²) in [4.78, 5) is 20.2. The van der Waals surface area contributed by atoms with Gasteiger partial charge in [0, 0.05) is 57.8 Å². The Hall–Kier alpha value is -1.76. The maximum atomic E-state index is 10.7. The average Bonchev–Trinajstić information content (AvgIpc) is 2.51. The zero-order valence-corrected chi connectivity index (χ0v) is 15.4. The molecular formula is C19H28ArN2O4. The molecule has 0 aliphatic carbocycles. The van der Waals surface area contributed by atoms with E-state index in [0.29, 0.717) is 5.69 Å². The first-order valence-corrected chi connectivity index (χ1v) is 7.26. The Balaban J connectivity index is -0.000000369. The van der Waals surface area contributed by atoms with Gasteiger partial charge in [0.25, 0.3) is 0 Å². The summed E-state index contributed by atoms with van der Waals surface area (Å²) in [6.07, 6.45) is 0. The second kappa shape index (κ2) is 16.7. The van der Waals surface area contributed by atoms with Crippen LogP contribution in [-0.2, 0) is 9.59 Å². The molecule has 6 nitrogen and oxygen atoms in total. The maximum absolute atomic E-state index is 10.7. The van der Waals surface area contributed by atoms with Crippen LogP contribution in [-0.4, -0.2) is 29.0 Å². The van der Waals surface area contributed by atoms with E-state index in [4.69, 9.17) is 0 Å². The molecule has 146 valence electrons. The molecule has 0 saturated carbocycles. The molecule has 2 rings (SSSR count). The normalized spacial score (nSPS) is 8.00. The number of anilines is 2. The van der Waals surface area contributed by atoms with E-state index in [2.05, 4.69) is 10.6 Å². The van der Waals surface area contributed by atoms with Crippen molar-refractivity contribution in [1.29, 1.82) is 0 Å². The summed E-state index contributed by atoms with van der Waals surface area (Å²) in [6, 6.07) is 14.6. The van der Waals surface area contributed by atoms with Crippen LogP contribution in [0.25, 0.3) is 0 Å². The number of nitrogens with one attached hydrogen (secondary N) is 2. The fourth-order valence-corrected chi connectivity index (χ4v) is 1.45. The van der Waals surface area contributed by atoms with Gasteiger partial charge in [0.2, 0.25) is 5.91 Å². The van der Waals surface area contributed by atoms with E-state index < -0.39 is 0 Å². The molecular weight excluding hydrogens is 360 g/mol. The first-order chi connectivity index (χ1) is 11.3. The summed E-state index contributed by atoms with van der Waals surface area (Å²) in [5.74, 6) is -0.358. The van der Waals surface area contributed by atoms with Gasteiger partial charge in [-0.3, -0.25) is 4.79 Å². The first-order valence-electron chi connectivity index (χ1n) is 7.26. The van der Waals surface area contributed by atoms with Crippen molar-refractivity contribution >= 4 is 23.1 Å². The first kappa shape index (κ1) is 29.0. The maximum Gasteiger partial charge on any atom is 0.221 e. The number of carbonyl (C=O) groups is 2. The molecule has 0 unspecified atom stereocenters. The second-order valence-corrected chi connectivity index (χ2v) is 4.88. The number of phenols is 2. The zero-order chi connectivity index (χ0) is 18.5. The van der Waals surface area contributed by atoms with Crippen LogP contribution in [0.15, 0.2) is 48.5 Å². The largest absolute Gasteiger partial charge is 0.506 e. The Kier molecular flexibility index (Phi) is 18.6. The van der Waals surface area contributed by atoms with Crippen molar-refractivity contribution in [2.45, 2.75) is 28.2 Å². The molecule has 4 N–H and O–H groups in total. The molecule has 0 aliphatic rings. The molecule has 26 heavy (non-hydrogen) atoms. The van der Waals surface area contributed by atoms with Gasteiger partial charge in [-0.15, -0.1) is 0 Å². The Morgan fingerprint density at radius 1 is 0.808 bits per heavy atom. The smallest absolute Gasteiger partial charge is 0.221 e. The van der Waals surface area contributed by atoms with Crippen molar-refractivity contribution in [3.05, 3.63) is 48.5 Å². The van der Waals surface area contributed by atoms with E-state index in [-0.39, 0.29) is 74.0 Å². The molecule has 2 aromatic carbocycles. The minimum atomic E-state index is -0.284. The predicted molar refractivity (Wildman–Crippen MR) is 103 cm³/mol. The minimum Gasteiger partial charge on any atom is -0.506 e. The molecule has 2 aromatic rings. The number of ketones is 1. The predicted octanol–water partition coefficient (Wildman–Crippen LogP) is 4.02. The van der Waals surface area contributed by atoms with Crippen LogP contribution in [0.4, 0.5) is 11.4 Å². The summed E-state index contributed by atoms with van der Waals surface area (Å²) in [6.45, 7) is 4.39. The summed E-state index contributed by atoms with van der Waals surface area (Å²) in [5.41, 5.74) is 0.700. The van der Waals surface area contributed by atoms with Crippen molar-refractivity contribution in [2.24, 2.45) is 0 Å². The summed E-state index contributed by atoms with van der Waals surface area (Å²) in [7, 11) is 1.63. The third kappa shape index (κ3) is 14.6. The van der Waals surface area contributed by atoms with Gasteiger partial charge >= 0.3 is 0 Å². The van der Waals surface area contributed by atoms with Gasteiger partial charge in [-0.05, 0) is 19.9 Å². The van der Waals surface area contributed by atoms with Crippen LogP contribution in [0.5, 0.6) is 11.5 Å². The molecule has 0 spiro atoms. The van der Waals surface area contributed by atoms with Crippen molar-refractivity contribution in [1.82, 2.24) is 0 Å². The third-order valence-corrected chi connectivity index (χ3v) is 2.36. The van der Waals surface area contributed by atoms with Crippen LogP contribution in [0, 0.1) is 37.7 Å². The van der Waals surface area contributed by atoms with Crippen LogP contribution < -0.4 is 10.6 Å². The van der Waals surface area contributed by atoms with Gasteiger partial charge < -0.3 is 25.6 Å². The molecule has 0 fully saturated rings. The van der Waals surface area contributed by atoms with Crippen molar-refractivity contribution in [2.75, 3.05) is 17.7 Å². The number of amides is 1. The number of hydrogen-bond donors (Lipinski definition) is 4. The number of Topliss-reactive ketones (excluding diaryl/α,β-unsaturated/α-hetero) is 1. The van der Waals surface area contributed by atoms with Crippen LogP contribution >= 0.6 is 0 Å². The van der Waals surface area contributed by atoms with E-state index in [1.165, 1.54) is 26.8 Å². The summed E-state index contributed by atoms with van der Waals surface area (Å²) in [5, 5.41) is 23.8. The van der Waals surface area contributed by atoms with Gasteiger partial charge in [0.1, 0.15) is 17.3 Å². The number of phenolic OH excluding ortho intramolecular Hbond substituents is 2. The van der Waals surface area contributed by atoms with Crippen LogP contribution in [0.2, 0.25) is 0 Å². The average molecular weight is 388 g/mol. The topological polar surface area (TPSA) is 98.7 Å². The van der Waals surface area contributed by atoms with Gasteiger partial charge in [0.05, 0.1) is 11.4 Å². The molecule has 7 heteroatoms. The SMILES string of the molecule is C.CC(C)=O.CNc1cc(NC(C)=O)c(O)cc1O.[Ar].c1ccccc1. The number of aromatic hydroxyl groups is 2. The second-order valence-electron chi connectivity index (χ2n) is 4.88. The van der Waals surface area contributed by atoms with E-state index >= 15 is 0 Å². The van der Waals surface area contributed by atoms with Gasteiger partial charge in [-0.1, -0.05) is 43.8 Å². The fraction of sp³-hybridized carbons (Fsp3) is 0.263. The monoisotopic (exact) mass is 388 g/mol. The molecule has 0 aromatic heterocycles. The van der Waals surface area contributed by atoms with Crippen LogP contribution in [0.3, 0.4) is 0 Å². The quantitative estimate of drug-likeness (QED) is 0.460. The Morgan fingerprint density at radius 2 is 1.15 bits per heavy atom. The Morgan fingerprint density at radius 3 is 1.46 bits per heavy atom. The number of carbonyl (C=O) groups excluding carboxylic acids is 2. The molecule has 0 heterocycles. The van der Waals surface area contributed by atoms with Crippen molar-refractivity contribution in [3.63, 3.8) is 0 Å². The van der Waals surface area contributed by atoms with Gasteiger partial charge in [0.15, 0.2) is 0 Å². The van der Waals surface area contributed by atoms with E-state index in [1.54, 1.807) is 7.05 Å². The van der Waals surface area contributed by atoms with Crippen molar-refractivity contribution < 1.29 is 57.5 Å². The van der Waals surface area contributed by atoms with Gasteiger partial charge in [-0.25, -0.2) is 0 Å². The molecule has 0 saturated heterocycles. The zero-order valence-electron chi connectivity index (χ0n) is 14.7. The summed E-state index contributed by atoms with van der Waals surface area (Å²) < 4.78 is 0.